The molecule has 1 saturated heterocycles. The number of aromatic nitrogens is 1. The normalized spacial score (nSPS) is 19.1. The van der Waals surface area contributed by atoms with Gasteiger partial charge < -0.3 is 10.2 Å². The van der Waals surface area contributed by atoms with Gasteiger partial charge in [0.2, 0.25) is 0 Å². The van der Waals surface area contributed by atoms with Gasteiger partial charge in [-0.2, -0.15) is 0 Å². The number of hydrogen-bond acceptors (Lipinski definition) is 3. The van der Waals surface area contributed by atoms with Crippen molar-refractivity contribution in [2.45, 2.75) is 19.8 Å². The summed E-state index contributed by atoms with van der Waals surface area (Å²) >= 11 is 0. The zero-order chi connectivity index (χ0) is 13.8. The van der Waals surface area contributed by atoms with E-state index in [9.17, 15) is 0 Å². The third kappa shape index (κ3) is 2.93. The largest absolute Gasteiger partial charge is 0.357 e. The minimum absolute atomic E-state index is 0.747. The molecule has 2 heterocycles. The van der Waals surface area contributed by atoms with Crippen LogP contribution in [0, 0.1) is 5.92 Å². The molecule has 0 spiro atoms. The summed E-state index contributed by atoms with van der Waals surface area (Å²) in [5.74, 6) is 1.86. The molecule has 0 radical (unpaired) electrons. The van der Waals surface area contributed by atoms with Gasteiger partial charge in [0.25, 0.3) is 0 Å². The molecule has 1 N–H and O–H groups in total. The van der Waals surface area contributed by atoms with E-state index in [1.54, 1.807) is 0 Å². The molecule has 3 rings (SSSR count). The smallest absolute Gasteiger partial charge is 0.129 e. The Balaban J connectivity index is 1.79. The van der Waals surface area contributed by atoms with E-state index < -0.39 is 0 Å². The number of nitrogens with one attached hydrogen (secondary N) is 1. The molecular weight excluding hydrogens is 246 g/mol. The minimum atomic E-state index is 0.747. The second-order valence-corrected chi connectivity index (χ2v) is 5.61. The standard InChI is InChI=1S/C17H23N3/c1-2-20(13-14-6-5-11-18-12-14)17-10-9-15-7-3-4-8-16(15)19-17/h3-4,7-10,14,18H,2,5-6,11-13H2,1H3. The van der Waals surface area contributed by atoms with Crippen LogP contribution in [0.25, 0.3) is 10.9 Å². The van der Waals surface area contributed by atoms with Crippen LogP contribution in [-0.4, -0.2) is 31.2 Å². The lowest BCUT2D eigenvalue weighted by Crippen LogP contribution is -2.38. The third-order valence-electron chi connectivity index (χ3n) is 4.17. The molecule has 1 unspecified atom stereocenters. The molecule has 0 amide bonds. The average Bonchev–Trinajstić information content (AvgIpc) is 2.53. The maximum atomic E-state index is 4.82. The summed E-state index contributed by atoms with van der Waals surface area (Å²) < 4.78 is 0. The van der Waals surface area contributed by atoms with E-state index in [0.717, 1.165) is 36.9 Å². The highest BCUT2D eigenvalue weighted by Gasteiger charge is 2.17. The fourth-order valence-corrected chi connectivity index (χ4v) is 3.01. The Hall–Kier alpha value is -1.61. The Morgan fingerprint density at radius 1 is 1.25 bits per heavy atom. The summed E-state index contributed by atoms with van der Waals surface area (Å²) in [6, 6.07) is 12.7. The number of para-hydroxylation sites is 1. The van der Waals surface area contributed by atoms with E-state index >= 15 is 0 Å². The minimum Gasteiger partial charge on any atom is -0.357 e. The van der Waals surface area contributed by atoms with Gasteiger partial charge in [0.1, 0.15) is 5.82 Å². The highest BCUT2D eigenvalue weighted by atomic mass is 15.2. The zero-order valence-corrected chi connectivity index (χ0v) is 12.2. The molecule has 1 aliphatic rings. The molecule has 1 aliphatic heterocycles. The van der Waals surface area contributed by atoms with E-state index in [2.05, 4.69) is 53.5 Å². The lowest BCUT2D eigenvalue weighted by atomic mass is 9.99. The van der Waals surface area contributed by atoms with Crippen molar-refractivity contribution in [2.75, 3.05) is 31.1 Å². The van der Waals surface area contributed by atoms with Crippen molar-refractivity contribution >= 4 is 16.7 Å². The predicted molar refractivity (Wildman–Crippen MR) is 85.2 cm³/mol. The number of rotatable bonds is 4. The molecule has 1 aromatic carbocycles. The van der Waals surface area contributed by atoms with E-state index in [1.807, 2.05) is 0 Å². The number of anilines is 1. The number of piperidine rings is 1. The van der Waals surface area contributed by atoms with Gasteiger partial charge in [-0.05, 0) is 57.0 Å². The van der Waals surface area contributed by atoms with Crippen molar-refractivity contribution in [2.24, 2.45) is 5.92 Å². The molecule has 2 aromatic rings. The van der Waals surface area contributed by atoms with Gasteiger partial charge in [0.05, 0.1) is 5.52 Å². The quantitative estimate of drug-likeness (QED) is 0.924. The second-order valence-electron chi connectivity index (χ2n) is 5.61. The first kappa shape index (κ1) is 13.4. The molecule has 3 heteroatoms. The molecule has 20 heavy (non-hydrogen) atoms. The van der Waals surface area contributed by atoms with Gasteiger partial charge in [-0.15, -0.1) is 0 Å². The fourth-order valence-electron chi connectivity index (χ4n) is 3.01. The number of nitrogens with zero attached hydrogens (tertiary/aromatic N) is 2. The molecule has 1 atom stereocenters. The average molecular weight is 269 g/mol. The second kappa shape index (κ2) is 6.23. The van der Waals surface area contributed by atoms with Gasteiger partial charge in [-0.3, -0.25) is 0 Å². The van der Waals surface area contributed by atoms with Crippen molar-refractivity contribution < 1.29 is 0 Å². The van der Waals surface area contributed by atoms with Gasteiger partial charge in [0.15, 0.2) is 0 Å². The van der Waals surface area contributed by atoms with E-state index in [-0.39, 0.29) is 0 Å². The molecular formula is C17H23N3. The van der Waals surface area contributed by atoms with E-state index in [0.29, 0.717) is 0 Å². The molecule has 3 nitrogen and oxygen atoms in total. The highest BCUT2D eigenvalue weighted by molar-refractivity contribution is 5.80. The van der Waals surface area contributed by atoms with Crippen molar-refractivity contribution in [3.63, 3.8) is 0 Å². The number of pyridine rings is 1. The SMILES string of the molecule is CCN(CC1CCCNC1)c1ccc2ccccc2n1. The number of benzene rings is 1. The van der Waals surface area contributed by atoms with Crippen LogP contribution in [0.2, 0.25) is 0 Å². The first-order chi connectivity index (χ1) is 9.86. The van der Waals surface area contributed by atoms with Crippen LogP contribution in [0.1, 0.15) is 19.8 Å². The summed E-state index contributed by atoms with van der Waals surface area (Å²) in [6.45, 7) is 6.66. The highest BCUT2D eigenvalue weighted by Crippen LogP contribution is 2.20. The van der Waals surface area contributed by atoms with Crippen LogP contribution in [-0.2, 0) is 0 Å². The maximum absolute atomic E-state index is 4.82. The van der Waals surface area contributed by atoms with Crippen LogP contribution in [0.3, 0.4) is 0 Å². The van der Waals surface area contributed by atoms with Gasteiger partial charge in [0, 0.05) is 18.5 Å². The topological polar surface area (TPSA) is 28.2 Å². The predicted octanol–water partition coefficient (Wildman–Crippen LogP) is 3.06. The first-order valence-electron chi connectivity index (χ1n) is 7.68. The maximum Gasteiger partial charge on any atom is 0.129 e. The Labute approximate surface area is 121 Å². The van der Waals surface area contributed by atoms with Crippen molar-refractivity contribution in [1.29, 1.82) is 0 Å². The molecule has 0 aliphatic carbocycles. The summed E-state index contributed by atoms with van der Waals surface area (Å²) in [6.07, 6.45) is 2.63. The molecule has 0 bridgehead atoms. The van der Waals surface area contributed by atoms with Crippen molar-refractivity contribution in [1.82, 2.24) is 10.3 Å². The lowest BCUT2D eigenvalue weighted by molar-refractivity contribution is 0.377. The van der Waals surface area contributed by atoms with Crippen LogP contribution in [0.4, 0.5) is 5.82 Å². The Morgan fingerprint density at radius 3 is 2.95 bits per heavy atom. The van der Waals surface area contributed by atoms with Crippen LogP contribution >= 0.6 is 0 Å². The van der Waals surface area contributed by atoms with Crippen LogP contribution in [0.15, 0.2) is 36.4 Å². The van der Waals surface area contributed by atoms with Crippen molar-refractivity contribution in [3.05, 3.63) is 36.4 Å². The van der Waals surface area contributed by atoms with Gasteiger partial charge in [-0.1, -0.05) is 18.2 Å². The zero-order valence-electron chi connectivity index (χ0n) is 12.2. The van der Waals surface area contributed by atoms with Crippen LogP contribution < -0.4 is 10.2 Å². The summed E-state index contributed by atoms with van der Waals surface area (Å²) in [7, 11) is 0. The third-order valence-corrected chi connectivity index (χ3v) is 4.17. The molecule has 0 saturated carbocycles. The Kier molecular flexibility index (Phi) is 4.16. The van der Waals surface area contributed by atoms with E-state index in [1.165, 1.54) is 24.8 Å². The fraction of sp³-hybridized carbons (Fsp3) is 0.471. The monoisotopic (exact) mass is 269 g/mol. The lowest BCUT2D eigenvalue weighted by Gasteiger charge is -2.30. The summed E-state index contributed by atoms with van der Waals surface area (Å²) in [5.41, 5.74) is 1.09. The van der Waals surface area contributed by atoms with Gasteiger partial charge >= 0.3 is 0 Å². The van der Waals surface area contributed by atoms with Gasteiger partial charge in [-0.25, -0.2) is 4.98 Å². The van der Waals surface area contributed by atoms with Crippen LogP contribution in [0.5, 0.6) is 0 Å². The molecule has 1 fully saturated rings. The molecule has 106 valence electrons. The summed E-state index contributed by atoms with van der Waals surface area (Å²) in [4.78, 5) is 7.22. The molecule has 1 aromatic heterocycles. The summed E-state index contributed by atoms with van der Waals surface area (Å²) in [5, 5.41) is 4.71. The Morgan fingerprint density at radius 2 is 2.15 bits per heavy atom. The van der Waals surface area contributed by atoms with Crippen molar-refractivity contribution in [3.8, 4) is 0 Å². The first-order valence-corrected chi connectivity index (χ1v) is 7.68. The Bertz CT molecular complexity index is 561. The van der Waals surface area contributed by atoms with E-state index in [4.69, 9.17) is 4.98 Å². The number of fused-ring (bicyclic) bond motifs is 1. The number of hydrogen-bond donors (Lipinski definition) is 1.